The van der Waals surface area contributed by atoms with Crippen molar-refractivity contribution in [3.63, 3.8) is 0 Å². The first-order valence-corrected chi connectivity index (χ1v) is 10.3. The van der Waals surface area contributed by atoms with Gasteiger partial charge < -0.3 is 4.55 Å². The van der Waals surface area contributed by atoms with Crippen LogP contribution in [0, 0.1) is 5.41 Å². The van der Waals surface area contributed by atoms with E-state index in [4.69, 9.17) is 4.40 Å². The highest BCUT2D eigenvalue weighted by atomic mass is 32.2. The van der Waals surface area contributed by atoms with Crippen molar-refractivity contribution in [1.29, 1.82) is 0 Å². The van der Waals surface area contributed by atoms with Crippen molar-refractivity contribution in [2.45, 2.75) is 71.1 Å². The summed E-state index contributed by atoms with van der Waals surface area (Å²) in [5.41, 5.74) is 3.47. The summed E-state index contributed by atoms with van der Waals surface area (Å²) in [6.07, 6.45) is 4.91. The molecule has 25 heavy (non-hydrogen) atoms. The van der Waals surface area contributed by atoms with Crippen molar-refractivity contribution in [3.05, 3.63) is 29.6 Å². The Kier molecular flexibility index (Phi) is 4.80. The van der Waals surface area contributed by atoms with Gasteiger partial charge in [0.05, 0.1) is 5.69 Å². The third-order valence-corrected chi connectivity index (χ3v) is 6.92. The SMILES string of the molecule is CC(C)(C)N1CCC2(CC1)Cc1ncccc1C2=N[S+]([O-])C(C)(C)C. The van der Waals surface area contributed by atoms with Gasteiger partial charge in [0.1, 0.15) is 21.8 Å². The normalized spacial score (nSPS) is 23.9. The van der Waals surface area contributed by atoms with Crippen molar-refractivity contribution in [1.82, 2.24) is 9.88 Å². The van der Waals surface area contributed by atoms with E-state index in [1.807, 2.05) is 33.0 Å². The van der Waals surface area contributed by atoms with Crippen LogP contribution in [0.2, 0.25) is 0 Å². The largest absolute Gasteiger partial charge is 0.591 e. The van der Waals surface area contributed by atoms with E-state index in [2.05, 4.69) is 36.7 Å². The highest BCUT2D eigenvalue weighted by Crippen LogP contribution is 2.46. The molecule has 1 unspecified atom stereocenters. The zero-order valence-corrected chi connectivity index (χ0v) is 17.2. The molecule has 1 spiro atoms. The molecule has 0 bridgehead atoms. The second-order valence-corrected chi connectivity index (χ2v) is 11.3. The molecular weight excluding hydrogens is 330 g/mol. The van der Waals surface area contributed by atoms with Crippen LogP contribution in [-0.4, -0.2) is 43.5 Å². The Hall–Kier alpha value is -0.910. The lowest BCUT2D eigenvalue weighted by Gasteiger charge is -2.45. The summed E-state index contributed by atoms with van der Waals surface area (Å²) in [5.74, 6) is 0. The number of pyridine rings is 1. The Morgan fingerprint density at radius 3 is 2.36 bits per heavy atom. The molecule has 138 valence electrons. The van der Waals surface area contributed by atoms with Crippen LogP contribution in [0.1, 0.15) is 65.6 Å². The molecule has 0 saturated carbocycles. The van der Waals surface area contributed by atoms with Crippen molar-refractivity contribution in [3.8, 4) is 0 Å². The number of fused-ring (bicyclic) bond motifs is 1. The molecular formula is C20H31N3OS. The van der Waals surface area contributed by atoms with Gasteiger partial charge >= 0.3 is 0 Å². The summed E-state index contributed by atoms with van der Waals surface area (Å²) in [7, 11) is 0. The van der Waals surface area contributed by atoms with Gasteiger partial charge in [-0.1, -0.05) is 4.40 Å². The topological polar surface area (TPSA) is 51.5 Å². The molecule has 0 aromatic carbocycles. The van der Waals surface area contributed by atoms with Crippen LogP contribution in [-0.2, 0) is 17.8 Å². The Balaban J connectivity index is 1.96. The molecule has 0 N–H and O–H groups in total. The zero-order chi connectivity index (χ0) is 18.5. The van der Waals surface area contributed by atoms with Crippen LogP contribution in [0.15, 0.2) is 22.7 Å². The lowest BCUT2D eigenvalue weighted by atomic mass is 9.74. The van der Waals surface area contributed by atoms with Crippen LogP contribution < -0.4 is 0 Å². The third-order valence-electron chi connectivity index (χ3n) is 5.52. The number of piperidine rings is 1. The van der Waals surface area contributed by atoms with Crippen LogP contribution in [0.5, 0.6) is 0 Å². The number of aromatic nitrogens is 1. The van der Waals surface area contributed by atoms with Gasteiger partial charge in [0.15, 0.2) is 0 Å². The van der Waals surface area contributed by atoms with Gasteiger partial charge in [-0.05, 0) is 79.6 Å². The monoisotopic (exact) mass is 361 g/mol. The van der Waals surface area contributed by atoms with Gasteiger partial charge in [-0.15, -0.1) is 0 Å². The maximum atomic E-state index is 12.8. The number of nitrogens with zero attached hydrogens (tertiary/aromatic N) is 3. The van der Waals surface area contributed by atoms with Crippen molar-refractivity contribution < 1.29 is 4.55 Å². The smallest absolute Gasteiger partial charge is 0.144 e. The average Bonchev–Trinajstić information content (AvgIpc) is 2.79. The minimum Gasteiger partial charge on any atom is -0.591 e. The first-order chi connectivity index (χ1) is 11.5. The lowest BCUT2D eigenvalue weighted by molar-refractivity contribution is 0.0719. The summed E-state index contributed by atoms with van der Waals surface area (Å²) >= 11 is -1.24. The van der Waals surface area contributed by atoms with Crippen molar-refractivity contribution in [2.75, 3.05) is 13.1 Å². The highest BCUT2D eigenvalue weighted by Gasteiger charge is 2.48. The zero-order valence-electron chi connectivity index (χ0n) is 16.4. The molecule has 1 aliphatic carbocycles. The van der Waals surface area contributed by atoms with E-state index in [0.717, 1.165) is 49.3 Å². The average molecular weight is 362 g/mol. The Bertz CT molecular complexity index is 664. The van der Waals surface area contributed by atoms with Crippen LogP contribution in [0.25, 0.3) is 0 Å². The second-order valence-electron chi connectivity index (χ2n) is 9.41. The summed E-state index contributed by atoms with van der Waals surface area (Å²) < 4.78 is 17.2. The van der Waals surface area contributed by atoms with Crippen LogP contribution in [0.4, 0.5) is 0 Å². The quantitative estimate of drug-likeness (QED) is 0.716. The fourth-order valence-electron chi connectivity index (χ4n) is 3.87. The van der Waals surface area contributed by atoms with Crippen LogP contribution in [0.3, 0.4) is 0 Å². The van der Waals surface area contributed by atoms with E-state index in [1.54, 1.807) is 0 Å². The molecule has 1 aromatic heterocycles. The van der Waals surface area contributed by atoms with E-state index in [-0.39, 0.29) is 15.7 Å². The second kappa shape index (κ2) is 6.36. The molecule has 1 fully saturated rings. The van der Waals surface area contributed by atoms with Gasteiger partial charge in [0.25, 0.3) is 0 Å². The molecule has 3 rings (SSSR count). The lowest BCUT2D eigenvalue weighted by Crippen LogP contribution is -2.50. The fraction of sp³-hybridized carbons (Fsp3) is 0.700. The third kappa shape index (κ3) is 3.64. The molecule has 1 aromatic rings. The first-order valence-electron chi connectivity index (χ1n) is 9.23. The van der Waals surface area contributed by atoms with Crippen LogP contribution >= 0.6 is 0 Å². The molecule has 1 aliphatic heterocycles. The number of likely N-dealkylation sites (tertiary alicyclic amines) is 1. The molecule has 0 amide bonds. The van der Waals surface area contributed by atoms with E-state index < -0.39 is 11.4 Å². The number of hydrogen-bond donors (Lipinski definition) is 0. The first kappa shape index (κ1) is 18.9. The summed E-state index contributed by atoms with van der Waals surface area (Å²) in [6.45, 7) is 14.9. The van der Waals surface area contributed by atoms with E-state index in [1.165, 1.54) is 0 Å². The maximum absolute atomic E-state index is 12.8. The summed E-state index contributed by atoms with van der Waals surface area (Å²) in [4.78, 5) is 7.15. The van der Waals surface area contributed by atoms with Crippen molar-refractivity contribution >= 4 is 17.1 Å². The summed E-state index contributed by atoms with van der Waals surface area (Å²) in [6, 6.07) is 4.07. The Morgan fingerprint density at radius 1 is 1.16 bits per heavy atom. The van der Waals surface area contributed by atoms with Gasteiger partial charge in [-0.25, -0.2) is 0 Å². The van der Waals surface area contributed by atoms with Gasteiger partial charge in [0.2, 0.25) is 0 Å². The fourth-order valence-corrected chi connectivity index (χ4v) is 4.60. The van der Waals surface area contributed by atoms with Gasteiger partial charge in [-0.3, -0.25) is 9.88 Å². The van der Waals surface area contributed by atoms with Crippen molar-refractivity contribution in [2.24, 2.45) is 9.81 Å². The predicted molar refractivity (Wildman–Crippen MR) is 105 cm³/mol. The summed E-state index contributed by atoms with van der Waals surface area (Å²) in [5, 5.41) is 0. The molecule has 4 nitrogen and oxygen atoms in total. The minimum atomic E-state index is -1.24. The molecule has 1 atom stereocenters. The Labute approximate surface area is 155 Å². The molecule has 1 saturated heterocycles. The van der Waals surface area contributed by atoms with Gasteiger partial charge in [-0.2, -0.15) is 0 Å². The van der Waals surface area contributed by atoms with E-state index in [9.17, 15) is 4.55 Å². The maximum Gasteiger partial charge on any atom is 0.144 e. The number of hydrogen-bond acceptors (Lipinski definition) is 4. The molecule has 0 radical (unpaired) electrons. The van der Waals surface area contributed by atoms with E-state index >= 15 is 0 Å². The molecule has 2 heterocycles. The number of rotatable bonds is 1. The Morgan fingerprint density at radius 2 is 1.80 bits per heavy atom. The highest BCUT2D eigenvalue weighted by molar-refractivity contribution is 7.91. The predicted octanol–water partition coefficient (Wildman–Crippen LogP) is 3.77. The molecule has 5 heteroatoms. The van der Waals surface area contributed by atoms with E-state index in [0.29, 0.717) is 0 Å². The molecule has 2 aliphatic rings. The minimum absolute atomic E-state index is 0.000648. The van der Waals surface area contributed by atoms with Gasteiger partial charge in [0, 0.05) is 29.1 Å². The standard InChI is InChI=1S/C20H31N3OS/c1-18(2,3)23-12-9-20(10-13-23)14-16-15(8-7-11-21-16)17(20)22-25(24)19(4,5)6/h7-8,11H,9-10,12-14H2,1-6H3.